The predicted molar refractivity (Wildman–Crippen MR) is 124 cm³/mol. The highest BCUT2D eigenvalue weighted by atomic mass is 16.3. The quantitative estimate of drug-likeness (QED) is 0.650. The van der Waals surface area contributed by atoms with Gasteiger partial charge in [0.15, 0.2) is 0 Å². The highest BCUT2D eigenvalue weighted by Gasteiger charge is 2.39. The SMILES string of the molecule is Cc1oc2ncnc(NC3(C)CC3)c2c1C(=O)N1CCc2c(ncnc2N2CCC(C)C2)C1. The zero-order chi connectivity index (χ0) is 22.7. The molecule has 172 valence electrons. The van der Waals surface area contributed by atoms with E-state index in [0.717, 1.165) is 43.9 Å². The highest BCUT2D eigenvalue weighted by molar-refractivity contribution is 6.10. The Morgan fingerprint density at radius 3 is 2.76 bits per heavy atom. The number of rotatable bonds is 4. The molecule has 1 saturated heterocycles. The van der Waals surface area contributed by atoms with E-state index in [1.165, 1.54) is 18.3 Å². The number of carbonyl (C=O) groups is 1. The molecule has 9 nitrogen and oxygen atoms in total. The van der Waals surface area contributed by atoms with Crippen molar-refractivity contribution in [2.45, 2.75) is 58.5 Å². The van der Waals surface area contributed by atoms with Gasteiger partial charge >= 0.3 is 0 Å². The maximum Gasteiger partial charge on any atom is 0.258 e. The predicted octanol–water partition coefficient (Wildman–Crippen LogP) is 3.33. The molecule has 3 aromatic heterocycles. The second-order valence-corrected chi connectivity index (χ2v) is 10.1. The summed E-state index contributed by atoms with van der Waals surface area (Å²) in [7, 11) is 0. The van der Waals surface area contributed by atoms with Crippen LogP contribution in [-0.2, 0) is 13.0 Å². The molecule has 1 atom stereocenters. The van der Waals surface area contributed by atoms with Gasteiger partial charge in [-0.25, -0.2) is 19.9 Å². The number of aryl methyl sites for hydroxylation is 1. The van der Waals surface area contributed by atoms with Crippen molar-refractivity contribution < 1.29 is 9.21 Å². The molecule has 3 aliphatic rings. The molecule has 1 amide bonds. The van der Waals surface area contributed by atoms with E-state index < -0.39 is 0 Å². The van der Waals surface area contributed by atoms with Crippen LogP contribution in [0, 0.1) is 12.8 Å². The molecule has 0 aromatic carbocycles. The van der Waals surface area contributed by atoms with Crippen molar-refractivity contribution >= 4 is 28.6 Å². The first kappa shape index (κ1) is 20.4. The van der Waals surface area contributed by atoms with E-state index in [1.54, 1.807) is 6.33 Å². The standard InChI is InChI=1S/C24H29N7O2/c1-14-4-8-30(10-14)21-16-5-9-31(11-17(16)25-12-27-21)23(32)18-15(2)33-22-19(18)20(26-13-28-22)29-24(3)6-7-24/h12-14H,4-11H2,1-3H3,(H,26,28,29). The van der Waals surface area contributed by atoms with Crippen LogP contribution in [0.1, 0.15) is 60.5 Å². The van der Waals surface area contributed by atoms with Crippen LogP contribution in [0.15, 0.2) is 17.1 Å². The lowest BCUT2D eigenvalue weighted by atomic mass is 10.0. The molecule has 6 rings (SSSR count). The van der Waals surface area contributed by atoms with E-state index in [1.807, 2.05) is 11.8 Å². The monoisotopic (exact) mass is 447 g/mol. The first-order valence-electron chi connectivity index (χ1n) is 11.8. The van der Waals surface area contributed by atoms with Crippen LogP contribution in [0.25, 0.3) is 11.1 Å². The lowest BCUT2D eigenvalue weighted by Gasteiger charge is -2.31. The fourth-order valence-corrected chi connectivity index (χ4v) is 5.06. The van der Waals surface area contributed by atoms with Crippen molar-refractivity contribution in [3.8, 4) is 0 Å². The van der Waals surface area contributed by atoms with Crippen LogP contribution in [-0.4, -0.2) is 55.9 Å². The van der Waals surface area contributed by atoms with Crippen LogP contribution in [0.4, 0.5) is 11.6 Å². The van der Waals surface area contributed by atoms with Gasteiger partial charge in [-0.1, -0.05) is 6.92 Å². The molecule has 5 heterocycles. The minimum atomic E-state index is -0.0642. The third-order valence-corrected chi connectivity index (χ3v) is 7.29. The Bertz CT molecular complexity index is 1250. The first-order valence-corrected chi connectivity index (χ1v) is 11.8. The number of hydrogen-bond donors (Lipinski definition) is 1. The average Bonchev–Trinajstić information content (AvgIpc) is 3.21. The van der Waals surface area contributed by atoms with Crippen LogP contribution < -0.4 is 10.2 Å². The average molecular weight is 448 g/mol. The minimum Gasteiger partial charge on any atom is -0.442 e. The molecule has 33 heavy (non-hydrogen) atoms. The van der Waals surface area contributed by atoms with Crippen molar-refractivity contribution in [1.82, 2.24) is 24.8 Å². The van der Waals surface area contributed by atoms with Gasteiger partial charge in [-0.05, 0) is 45.4 Å². The molecule has 2 fully saturated rings. The normalized spacial score (nSPS) is 21.4. The van der Waals surface area contributed by atoms with Crippen LogP contribution in [0.2, 0.25) is 0 Å². The summed E-state index contributed by atoms with van der Waals surface area (Å²) in [5.74, 6) is 2.90. The number of amides is 1. The largest absolute Gasteiger partial charge is 0.442 e. The lowest BCUT2D eigenvalue weighted by molar-refractivity contribution is 0.0731. The Hall–Kier alpha value is -3.23. The van der Waals surface area contributed by atoms with Crippen LogP contribution in [0.3, 0.4) is 0 Å². The van der Waals surface area contributed by atoms with Gasteiger partial charge in [-0.2, -0.15) is 0 Å². The molecule has 1 unspecified atom stereocenters. The Morgan fingerprint density at radius 2 is 2.00 bits per heavy atom. The molecular formula is C24H29N7O2. The highest BCUT2D eigenvalue weighted by Crippen LogP contribution is 2.40. The molecule has 9 heteroatoms. The van der Waals surface area contributed by atoms with Crippen LogP contribution >= 0.6 is 0 Å². The van der Waals surface area contributed by atoms with Crippen LogP contribution in [0.5, 0.6) is 0 Å². The number of nitrogens with zero attached hydrogens (tertiary/aromatic N) is 6. The maximum atomic E-state index is 13.8. The number of nitrogens with one attached hydrogen (secondary N) is 1. The van der Waals surface area contributed by atoms with E-state index in [4.69, 9.17) is 4.42 Å². The third-order valence-electron chi connectivity index (χ3n) is 7.29. The molecule has 0 bridgehead atoms. The zero-order valence-electron chi connectivity index (χ0n) is 19.4. The van der Waals surface area contributed by atoms with Crippen molar-refractivity contribution in [2.75, 3.05) is 29.9 Å². The molecule has 0 spiro atoms. The van der Waals surface area contributed by atoms with Gasteiger partial charge in [0, 0.05) is 30.7 Å². The van der Waals surface area contributed by atoms with Gasteiger partial charge in [-0.15, -0.1) is 0 Å². The van der Waals surface area contributed by atoms with E-state index in [0.29, 0.717) is 47.2 Å². The number of fused-ring (bicyclic) bond motifs is 2. The number of furan rings is 1. The van der Waals surface area contributed by atoms with Gasteiger partial charge in [0.05, 0.1) is 23.2 Å². The Labute approximate surface area is 192 Å². The molecule has 1 saturated carbocycles. The molecule has 1 aliphatic carbocycles. The molecule has 0 radical (unpaired) electrons. The summed E-state index contributed by atoms with van der Waals surface area (Å²) >= 11 is 0. The van der Waals surface area contributed by atoms with Gasteiger partial charge in [0.2, 0.25) is 5.71 Å². The number of hydrogen-bond acceptors (Lipinski definition) is 8. The van der Waals surface area contributed by atoms with Gasteiger partial charge < -0.3 is 19.5 Å². The first-order chi connectivity index (χ1) is 15.9. The maximum absolute atomic E-state index is 13.8. The van der Waals surface area contributed by atoms with Gasteiger partial charge in [0.25, 0.3) is 5.91 Å². The summed E-state index contributed by atoms with van der Waals surface area (Å²) in [6.07, 6.45) is 7.22. The van der Waals surface area contributed by atoms with E-state index in [2.05, 4.69) is 44.0 Å². The topological polar surface area (TPSA) is 100 Å². The fraction of sp³-hybridized carbons (Fsp3) is 0.542. The third kappa shape index (κ3) is 3.50. The van der Waals surface area contributed by atoms with Gasteiger partial charge in [-0.3, -0.25) is 4.79 Å². The fourth-order valence-electron chi connectivity index (χ4n) is 5.06. The summed E-state index contributed by atoms with van der Waals surface area (Å²) in [4.78, 5) is 35.9. The summed E-state index contributed by atoms with van der Waals surface area (Å²) in [5, 5.41) is 4.17. The molecule has 2 aliphatic heterocycles. The zero-order valence-corrected chi connectivity index (χ0v) is 19.4. The smallest absolute Gasteiger partial charge is 0.258 e. The van der Waals surface area contributed by atoms with E-state index in [9.17, 15) is 4.79 Å². The summed E-state index contributed by atoms with van der Waals surface area (Å²) in [6.45, 7) is 9.41. The van der Waals surface area contributed by atoms with E-state index in [-0.39, 0.29) is 11.4 Å². The Balaban J connectivity index is 1.32. The molecular weight excluding hydrogens is 418 g/mol. The Kier molecular flexibility index (Phi) is 4.57. The number of aromatic nitrogens is 4. The molecule has 1 N–H and O–H groups in total. The second-order valence-electron chi connectivity index (χ2n) is 10.1. The van der Waals surface area contributed by atoms with Crippen molar-refractivity contribution in [2.24, 2.45) is 5.92 Å². The van der Waals surface area contributed by atoms with Crippen molar-refractivity contribution in [1.29, 1.82) is 0 Å². The lowest BCUT2D eigenvalue weighted by Crippen LogP contribution is -2.38. The second kappa shape index (κ2) is 7.40. The van der Waals surface area contributed by atoms with Crippen molar-refractivity contribution in [3.63, 3.8) is 0 Å². The molecule has 3 aromatic rings. The summed E-state index contributed by atoms with van der Waals surface area (Å²) < 4.78 is 5.88. The number of anilines is 2. The van der Waals surface area contributed by atoms with E-state index >= 15 is 0 Å². The summed E-state index contributed by atoms with van der Waals surface area (Å²) in [6, 6.07) is 0. The van der Waals surface area contributed by atoms with Crippen molar-refractivity contribution in [3.05, 3.63) is 35.2 Å². The Morgan fingerprint density at radius 1 is 1.18 bits per heavy atom. The summed E-state index contributed by atoms with van der Waals surface area (Å²) in [5.41, 5.74) is 3.13. The van der Waals surface area contributed by atoms with Gasteiger partial charge in [0.1, 0.15) is 30.1 Å². The minimum absolute atomic E-state index is 0.0250. The number of carbonyl (C=O) groups excluding carboxylic acids is 1.